The summed E-state index contributed by atoms with van der Waals surface area (Å²) in [7, 11) is 1.88. The van der Waals surface area contributed by atoms with E-state index in [4.69, 9.17) is 12.2 Å². The van der Waals surface area contributed by atoms with E-state index in [1.165, 1.54) is 11.1 Å². The second-order valence-corrected chi connectivity index (χ2v) is 7.49. The number of aromatic amines is 1. The number of H-pyrrole nitrogens is 1. The zero-order valence-corrected chi connectivity index (χ0v) is 15.2. The molecule has 0 saturated carbocycles. The topological polar surface area (TPSA) is 62.7 Å². The molecule has 2 N–H and O–H groups in total. The Morgan fingerprint density at radius 2 is 2.21 bits per heavy atom. The highest BCUT2D eigenvalue weighted by Gasteiger charge is 2.35. The summed E-state index contributed by atoms with van der Waals surface area (Å²) in [4.78, 5) is 12.7. The zero-order valence-electron chi connectivity index (χ0n) is 14.4. The van der Waals surface area contributed by atoms with Gasteiger partial charge in [0, 0.05) is 20.0 Å². The third-order valence-corrected chi connectivity index (χ3v) is 5.43. The van der Waals surface area contributed by atoms with Crippen molar-refractivity contribution in [2.24, 2.45) is 7.05 Å². The van der Waals surface area contributed by atoms with E-state index < -0.39 is 0 Å². The SMILES string of the molecule is Cn1c(CCNC(=O)C2CCC(C)(C)c3ccccc32)n[nH]c1=S. The molecule has 6 heteroatoms. The fourth-order valence-corrected chi connectivity index (χ4v) is 3.66. The predicted molar refractivity (Wildman–Crippen MR) is 96.5 cm³/mol. The number of rotatable bonds is 4. The number of nitrogens with zero attached hydrogens (tertiary/aromatic N) is 2. The fourth-order valence-electron chi connectivity index (χ4n) is 3.51. The van der Waals surface area contributed by atoms with Crippen LogP contribution in [0.4, 0.5) is 0 Å². The van der Waals surface area contributed by atoms with Crippen LogP contribution < -0.4 is 5.32 Å². The largest absolute Gasteiger partial charge is 0.355 e. The number of hydrogen-bond acceptors (Lipinski definition) is 3. The minimum absolute atomic E-state index is 0.0586. The maximum Gasteiger partial charge on any atom is 0.227 e. The first-order valence-electron chi connectivity index (χ1n) is 8.37. The lowest BCUT2D eigenvalue weighted by molar-refractivity contribution is -0.122. The van der Waals surface area contributed by atoms with Crippen LogP contribution in [0.5, 0.6) is 0 Å². The lowest BCUT2D eigenvalue weighted by Gasteiger charge is -2.36. The number of benzene rings is 1. The molecule has 1 aromatic carbocycles. The molecule has 0 bridgehead atoms. The first-order chi connectivity index (χ1) is 11.4. The van der Waals surface area contributed by atoms with Crippen molar-refractivity contribution in [2.45, 2.75) is 44.4 Å². The van der Waals surface area contributed by atoms with Gasteiger partial charge in [-0.05, 0) is 41.6 Å². The third-order valence-electron chi connectivity index (χ3n) is 5.06. The highest BCUT2D eigenvalue weighted by molar-refractivity contribution is 7.71. The summed E-state index contributed by atoms with van der Waals surface area (Å²) < 4.78 is 2.43. The Morgan fingerprint density at radius 3 is 2.92 bits per heavy atom. The van der Waals surface area contributed by atoms with Gasteiger partial charge in [0.15, 0.2) is 4.77 Å². The van der Waals surface area contributed by atoms with Gasteiger partial charge < -0.3 is 9.88 Å². The summed E-state index contributed by atoms with van der Waals surface area (Å²) in [5.41, 5.74) is 2.60. The summed E-state index contributed by atoms with van der Waals surface area (Å²) in [6.07, 6.45) is 2.58. The maximum atomic E-state index is 12.7. The Bertz CT molecular complexity index is 805. The van der Waals surface area contributed by atoms with Crippen LogP contribution in [0, 0.1) is 4.77 Å². The van der Waals surface area contributed by atoms with Crippen LogP contribution in [0.15, 0.2) is 24.3 Å². The molecule has 1 heterocycles. The molecule has 1 amide bonds. The third kappa shape index (κ3) is 3.15. The van der Waals surface area contributed by atoms with Crippen LogP contribution in [0.1, 0.15) is 49.6 Å². The number of nitrogens with one attached hydrogen (secondary N) is 2. The number of carbonyl (C=O) groups excluding carboxylic acids is 1. The Morgan fingerprint density at radius 1 is 1.46 bits per heavy atom. The molecule has 2 aromatic rings. The van der Waals surface area contributed by atoms with Crippen molar-refractivity contribution >= 4 is 18.1 Å². The smallest absolute Gasteiger partial charge is 0.227 e. The molecule has 1 aromatic heterocycles. The molecule has 0 radical (unpaired) electrons. The number of carbonyl (C=O) groups is 1. The van der Waals surface area contributed by atoms with E-state index in [-0.39, 0.29) is 17.2 Å². The van der Waals surface area contributed by atoms with Crippen molar-refractivity contribution in [3.05, 3.63) is 46.0 Å². The molecule has 1 aliphatic carbocycles. The van der Waals surface area contributed by atoms with Crippen molar-refractivity contribution in [1.82, 2.24) is 20.1 Å². The van der Waals surface area contributed by atoms with Crippen molar-refractivity contribution in [3.63, 3.8) is 0 Å². The lowest BCUT2D eigenvalue weighted by Crippen LogP contribution is -2.36. The van der Waals surface area contributed by atoms with E-state index >= 15 is 0 Å². The summed E-state index contributed by atoms with van der Waals surface area (Å²) in [6.45, 7) is 5.07. The van der Waals surface area contributed by atoms with E-state index in [1.807, 2.05) is 17.7 Å². The monoisotopic (exact) mass is 344 g/mol. The second-order valence-electron chi connectivity index (χ2n) is 7.11. The van der Waals surface area contributed by atoms with Gasteiger partial charge >= 0.3 is 0 Å². The Kier molecular flexibility index (Phi) is 4.58. The van der Waals surface area contributed by atoms with Gasteiger partial charge in [-0.15, -0.1) is 0 Å². The van der Waals surface area contributed by atoms with Gasteiger partial charge in [0.25, 0.3) is 0 Å². The molecular weight excluding hydrogens is 320 g/mol. The Hall–Kier alpha value is -1.95. The number of aromatic nitrogens is 3. The minimum Gasteiger partial charge on any atom is -0.355 e. The second kappa shape index (κ2) is 6.51. The normalized spacial score (nSPS) is 18.9. The molecule has 0 fully saturated rings. The van der Waals surface area contributed by atoms with E-state index in [9.17, 15) is 4.79 Å². The van der Waals surface area contributed by atoms with Crippen LogP contribution in [-0.4, -0.2) is 27.2 Å². The van der Waals surface area contributed by atoms with Gasteiger partial charge in [0.05, 0.1) is 5.92 Å². The maximum absolute atomic E-state index is 12.7. The van der Waals surface area contributed by atoms with Crippen molar-refractivity contribution in [1.29, 1.82) is 0 Å². The highest BCUT2D eigenvalue weighted by Crippen LogP contribution is 2.42. The van der Waals surface area contributed by atoms with Gasteiger partial charge in [-0.3, -0.25) is 9.89 Å². The molecule has 0 saturated heterocycles. The van der Waals surface area contributed by atoms with E-state index in [1.54, 1.807) is 0 Å². The van der Waals surface area contributed by atoms with Crippen LogP contribution in [-0.2, 0) is 23.7 Å². The van der Waals surface area contributed by atoms with Gasteiger partial charge in [-0.1, -0.05) is 38.1 Å². The molecule has 3 rings (SSSR count). The standard InChI is InChI=1S/C18H24N4OS/c1-18(2)10-8-13(12-6-4-5-7-14(12)18)16(23)19-11-9-15-20-21-17(24)22(15)3/h4-7,13H,8-11H2,1-3H3,(H,19,23)(H,21,24). The lowest BCUT2D eigenvalue weighted by atomic mass is 9.68. The summed E-state index contributed by atoms with van der Waals surface area (Å²) in [5.74, 6) is 0.900. The molecule has 0 aliphatic heterocycles. The predicted octanol–water partition coefficient (Wildman–Crippen LogP) is 2.99. The quantitative estimate of drug-likeness (QED) is 0.838. The fraction of sp³-hybridized carbons (Fsp3) is 0.500. The summed E-state index contributed by atoms with van der Waals surface area (Å²) in [6, 6.07) is 8.33. The van der Waals surface area contributed by atoms with E-state index in [0.29, 0.717) is 17.7 Å². The summed E-state index contributed by atoms with van der Waals surface area (Å²) in [5, 5.41) is 10.0. The average molecular weight is 344 g/mol. The van der Waals surface area contributed by atoms with Crippen molar-refractivity contribution in [3.8, 4) is 0 Å². The average Bonchev–Trinajstić information content (AvgIpc) is 2.87. The Labute approximate surface area is 147 Å². The van der Waals surface area contributed by atoms with Crippen LogP contribution in [0.2, 0.25) is 0 Å². The molecule has 128 valence electrons. The first kappa shape index (κ1) is 16.9. The van der Waals surface area contributed by atoms with Crippen molar-refractivity contribution in [2.75, 3.05) is 6.54 Å². The number of hydrogen-bond donors (Lipinski definition) is 2. The first-order valence-corrected chi connectivity index (χ1v) is 8.78. The number of amides is 1. The van der Waals surface area contributed by atoms with E-state index in [2.05, 4.69) is 47.6 Å². The van der Waals surface area contributed by atoms with Gasteiger partial charge in [-0.25, -0.2) is 0 Å². The number of fused-ring (bicyclic) bond motifs is 1. The van der Waals surface area contributed by atoms with Crippen LogP contribution in [0.25, 0.3) is 0 Å². The molecule has 5 nitrogen and oxygen atoms in total. The van der Waals surface area contributed by atoms with Crippen LogP contribution in [0.3, 0.4) is 0 Å². The van der Waals surface area contributed by atoms with Gasteiger partial charge in [-0.2, -0.15) is 5.10 Å². The molecule has 0 spiro atoms. The van der Waals surface area contributed by atoms with Gasteiger partial charge in [0.2, 0.25) is 5.91 Å². The molecule has 1 unspecified atom stereocenters. The molecule has 24 heavy (non-hydrogen) atoms. The van der Waals surface area contributed by atoms with Crippen LogP contribution >= 0.6 is 12.2 Å². The zero-order chi connectivity index (χ0) is 17.3. The molecule has 1 aliphatic rings. The van der Waals surface area contributed by atoms with Crippen molar-refractivity contribution < 1.29 is 4.79 Å². The highest BCUT2D eigenvalue weighted by atomic mass is 32.1. The van der Waals surface area contributed by atoms with E-state index in [0.717, 1.165) is 18.7 Å². The Balaban J connectivity index is 1.67. The summed E-state index contributed by atoms with van der Waals surface area (Å²) >= 11 is 5.10. The van der Waals surface area contributed by atoms with Gasteiger partial charge in [0.1, 0.15) is 5.82 Å². The molecular formula is C18H24N4OS. The minimum atomic E-state index is -0.0586. The molecule has 1 atom stereocenters.